The molecule has 25 heavy (non-hydrogen) atoms. The monoisotopic (exact) mass is 356 g/mol. The van der Waals surface area contributed by atoms with Crippen LogP contribution >= 0.6 is 0 Å². The molecule has 1 aromatic rings. The highest BCUT2D eigenvalue weighted by Gasteiger charge is 2.45. The summed E-state index contributed by atoms with van der Waals surface area (Å²) in [4.78, 5) is 26.8. The lowest BCUT2D eigenvalue weighted by Crippen LogP contribution is -2.55. The Kier molecular flexibility index (Phi) is 4.49. The fourth-order valence-electron chi connectivity index (χ4n) is 3.52. The Morgan fingerprint density at radius 3 is 2.40 bits per heavy atom. The Bertz CT molecular complexity index is 686. The lowest BCUT2D eigenvalue weighted by atomic mass is 9.94. The second-order valence-electron chi connectivity index (χ2n) is 6.60. The van der Waals surface area contributed by atoms with E-state index in [4.69, 9.17) is 0 Å². The van der Waals surface area contributed by atoms with E-state index < -0.39 is 29.8 Å². The number of hydrogen-bond acceptors (Lipinski definition) is 3. The average Bonchev–Trinajstić information content (AvgIpc) is 2.86. The Morgan fingerprint density at radius 1 is 1.16 bits per heavy atom. The molecule has 5 nitrogen and oxygen atoms in total. The maximum Gasteiger partial charge on any atom is 0.416 e. The summed E-state index contributed by atoms with van der Waals surface area (Å²) in [7, 11) is 0. The number of aliphatic hydroxyl groups excluding tert-OH is 1. The Labute approximate surface area is 143 Å². The molecular formula is C17H19F3N2O3. The second kappa shape index (κ2) is 6.33. The van der Waals surface area contributed by atoms with Gasteiger partial charge in [-0.05, 0) is 18.1 Å². The molecule has 0 unspecified atom stereocenters. The Hall–Kier alpha value is -2.09. The van der Waals surface area contributed by atoms with E-state index in [9.17, 15) is 27.9 Å². The SMILES string of the molecule is CC(=O)N1CC(C(=O)N2C[C@H](O)C[C@@H]2c2ccccc2C(F)(F)F)C1. The molecule has 1 N–H and O–H groups in total. The zero-order valence-electron chi connectivity index (χ0n) is 13.7. The van der Waals surface area contributed by atoms with Crippen LogP contribution in [-0.4, -0.2) is 52.5 Å². The van der Waals surface area contributed by atoms with Gasteiger partial charge in [-0.3, -0.25) is 9.59 Å². The summed E-state index contributed by atoms with van der Waals surface area (Å²) in [6.45, 7) is 1.96. The number of nitrogens with zero attached hydrogens (tertiary/aromatic N) is 2. The van der Waals surface area contributed by atoms with Crippen LogP contribution in [0.4, 0.5) is 13.2 Å². The van der Waals surface area contributed by atoms with Crippen LogP contribution in [0.2, 0.25) is 0 Å². The molecule has 2 aliphatic heterocycles. The van der Waals surface area contributed by atoms with E-state index in [1.54, 1.807) is 0 Å². The first kappa shape index (κ1) is 17.7. The summed E-state index contributed by atoms with van der Waals surface area (Å²) in [5.74, 6) is -0.866. The number of alkyl halides is 3. The molecule has 1 aromatic carbocycles. The quantitative estimate of drug-likeness (QED) is 0.879. The number of carbonyl (C=O) groups excluding carboxylic acids is 2. The van der Waals surface area contributed by atoms with Crippen molar-refractivity contribution in [2.75, 3.05) is 19.6 Å². The summed E-state index contributed by atoms with van der Waals surface area (Å²) < 4.78 is 39.9. The third-order valence-electron chi connectivity index (χ3n) is 4.86. The number of β-amino-alcohol motifs (C(OH)–C–C–N with tert-alkyl or cyclic N) is 1. The van der Waals surface area contributed by atoms with Gasteiger partial charge in [0.1, 0.15) is 0 Å². The van der Waals surface area contributed by atoms with Gasteiger partial charge in [0.2, 0.25) is 11.8 Å². The van der Waals surface area contributed by atoms with Crippen molar-refractivity contribution in [1.82, 2.24) is 9.80 Å². The summed E-state index contributed by atoms with van der Waals surface area (Å²) in [6.07, 6.45) is -5.32. The zero-order chi connectivity index (χ0) is 18.4. The summed E-state index contributed by atoms with van der Waals surface area (Å²) in [6, 6.07) is 4.34. The first-order valence-corrected chi connectivity index (χ1v) is 8.08. The van der Waals surface area contributed by atoms with Crippen LogP contribution in [0.1, 0.15) is 30.5 Å². The van der Waals surface area contributed by atoms with Crippen LogP contribution in [0.3, 0.4) is 0 Å². The number of rotatable bonds is 2. The lowest BCUT2D eigenvalue weighted by Gasteiger charge is -2.40. The minimum Gasteiger partial charge on any atom is -0.391 e. The third-order valence-corrected chi connectivity index (χ3v) is 4.86. The van der Waals surface area contributed by atoms with Crippen molar-refractivity contribution in [2.45, 2.75) is 31.7 Å². The number of benzene rings is 1. The van der Waals surface area contributed by atoms with Crippen molar-refractivity contribution >= 4 is 11.8 Å². The zero-order valence-corrected chi connectivity index (χ0v) is 13.7. The fraction of sp³-hybridized carbons (Fsp3) is 0.529. The van der Waals surface area contributed by atoms with Gasteiger partial charge in [-0.2, -0.15) is 13.2 Å². The molecule has 0 bridgehead atoms. The minimum absolute atomic E-state index is 0.00245. The molecule has 0 aromatic heterocycles. The van der Waals surface area contributed by atoms with Crippen LogP contribution in [-0.2, 0) is 15.8 Å². The topological polar surface area (TPSA) is 60.9 Å². The first-order valence-electron chi connectivity index (χ1n) is 8.08. The lowest BCUT2D eigenvalue weighted by molar-refractivity contribution is -0.149. The largest absolute Gasteiger partial charge is 0.416 e. The van der Waals surface area contributed by atoms with Crippen LogP contribution in [0.5, 0.6) is 0 Å². The van der Waals surface area contributed by atoms with E-state index in [-0.39, 0.29) is 43.4 Å². The van der Waals surface area contributed by atoms with Crippen molar-refractivity contribution in [3.8, 4) is 0 Å². The van der Waals surface area contributed by atoms with Crippen molar-refractivity contribution in [3.63, 3.8) is 0 Å². The van der Waals surface area contributed by atoms with Crippen LogP contribution in [0.25, 0.3) is 0 Å². The summed E-state index contributed by atoms with van der Waals surface area (Å²) >= 11 is 0. The fourth-order valence-corrected chi connectivity index (χ4v) is 3.52. The first-order chi connectivity index (χ1) is 11.7. The highest BCUT2D eigenvalue weighted by atomic mass is 19.4. The average molecular weight is 356 g/mol. The molecule has 2 aliphatic rings. The third kappa shape index (κ3) is 3.35. The normalized spacial score (nSPS) is 24.4. The van der Waals surface area contributed by atoms with Crippen LogP contribution < -0.4 is 0 Å². The van der Waals surface area contributed by atoms with Gasteiger partial charge in [-0.25, -0.2) is 0 Å². The van der Waals surface area contributed by atoms with E-state index in [2.05, 4.69) is 0 Å². The minimum atomic E-state index is -4.53. The van der Waals surface area contributed by atoms with Gasteiger partial charge in [0, 0.05) is 26.6 Å². The van der Waals surface area contributed by atoms with E-state index in [0.717, 1.165) is 6.07 Å². The van der Waals surface area contributed by atoms with E-state index in [0.29, 0.717) is 0 Å². The Morgan fingerprint density at radius 2 is 1.80 bits per heavy atom. The predicted molar refractivity (Wildman–Crippen MR) is 82.3 cm³/mol. The van der Waals surface area contributed by atoms with E-state index in [1.807, 2.05) is 0 Å². The van der Waals surface area contributed by atoms with Crippen molar-refractivity contribution in [1.29, 1.82) is 0 Å². The van der Waals surface area contributed by atoms with E-state index >= 15 is 0 Å². The Balaban J connectivity index is 1.84. The molecule has 2 amide bonds. The van der Waals surface area contributed by atoms with E-state index in [1.165, 1.54) is 34.9 Å². The van der Waals surface area contributed by atoms with Crippen molar-refractivity contribution in [3.05, 3.63) is 35.4 Å². The molecule has 0 radical (unpaired) electrons. The van der Waals surface area contributed by atoms with Crippen molar-refractivity contribution < 1.29 is 27.9 Å². The van der Waals surface area contributed by atoms with Crippen LogP contribution in [0.15, 0.2) is 24.3 Å². The molecule has 2 heterocycles. The van der Waals surface area contributed by atoms with Gasteiger partial charge in [-0.15, -0.1) is 0 Å². The number of aliphatic hydroxyl groups is 1. The molecule has 136 valence electrons. The number of hydrogen-bond donors (Lipinski definition) is 1. The summed E-state index contributed by atoms with van der Waals surface area (Å²) in [5, 5.41) is 9.95. The number of amides is 2. The predicted octanol–water partition coefficient (Wildman–Crippen LogP) is 1.82. The highest BCUT2D eigenvalue weighted by Crippen LogP contribution is 2.41. The van der Waals surface area contributed by atoms with Gasteiger partial charge in [0.15, 0.2) is 0 Å². The maximum absolute atomic E-state index is 13.3. The van der Waals surface area contributed by atoms with Gasteiger partial charge >= 0.3 is 6.18 Å². The molecule has 8 heteroatoms. The molecule has 3 rings (SSSR count). The van der Waals surface area contributed by atoms with Gasteiger partial charge in [0.25, 0.3) is 0 Å². The molecule has 0 spiro atoms. The highest BCUT2D eigenvalue weighted by molar-refractivity contribution is 5.84. The van der Waals surface area contributed by atoms with Gasteiger partial charge < -0.3 is 14.9 Å². The standard InChI is InChI=1S/C17H19F3N2O3/c1-10(23)21-7-11(8-21)16(25)22-9-12(24)6-15(22)13-4-2-3-5-14(13)17(18,19)20/h2-5,11-12,15,24H,6-9H2,1H3/t12-,15-/m1/s1. The molecule has 2 fully saturated rings. The molecule has 0 saturated carbocycles. The molecule has 2 saturated heterocycles. The second-order valence-corrected chi connectivity index (χ2v) is 6.60. The maximum atomic E-state index is 13.3. The molecule has 0 aliphatic carbocycles. The van der Waals surface area contributed by atoms with Gasteiger partial charge in [0.05, 0.1) is 23.6 Å². The van der Waals surface area contributed by atoms with Crippen molar-refractivity contribution in [2.24, 2.45) is 5.92 Å². The van der Waals surface area contributed by atoms with Crippen LogP contribution in [0, 0.1) is 5.92 Å². The number of likely N-dealkylation sites (tertiary alicyclic amines) is 2. The summed E-state index contributed by atoms with van der Waals surface area (Å²) in [5.41, 5.74) is -0.784. The number of carbonyl (C=O) groups is 2. The van der Waals surface area contributed by atoms with Gasteiger partial charge in [-0.1, -0.05) is 18.2 Å². The number of halogens is 3. The molecular weight excluding hydrogens is 337 g/mol. The smallest absolute Gasteiger partial charge is 0.391 e. The molecule has 2 atom stereocenters.